The monoisotopic (exact) mass is 277 g/mol. The molecular formula is C14H16FN3S. The highest BCUT2D eigenvalue weighted by atomic mass is 32.2. The quantitative estimate of drug-likeness (QED) is 0.825. The molecule has 5 heteroatoms. The van der Waals surface area contributed by atoms with Crippen molar-refractivity contribution in [2.75, 3.05) is 18.5 Å². The Morgan fingerprint density at radius 1 is 1.42 bits per heavy atom. The van der Waals surface area contributed by atoms with E-state index in [2.05, 4.69) is 10.3 Å². The minimum atomic E-state index is -0.216. The van der Waals surface area contributed by atoms with Gasteiger partial charge in [-0.05, 0) is 31.3 Å². The Morgan fingerprint density at radius 2 is 2.26 bits per heavy atom. The van der Waals surface area contributed by atoms with E-state index in [4.69, 9.17) is 5.73 Å². The van der Waals surface area contributed by atoms with E-state index in [-0.39, 0.29) is 11.9 Å². The average molecular weight is 277 g/mol. The van der Waals surface area contributed by atoms with E-state index >= 15 is 0 Å². The molecule has 0 spiro atoms. The minimum Gasteiger partial charge on any atom is -0.398 e. The van der Waals surface area contributed by atoms with Gasteiger partial charge in [-0.1, -0.05) is 6.07 Å². The molecule has 1 aromatic carbocycles. The summed E-state index contributed by atoms with van der Waals surface area (Å²) < 4.78 is 13.1. The molecule has 0 saturated carbocycles. The number of nitrogens with zero attached hydrogens (tertiary/aromatic N) is 1. The summed E-state index contributed by atoms with van der Waals surface area (Å²) in [6.45, 7) is 0. The van der Waals surface area contributed by atoms with Crippen LogP contribution in [0.2, 0.25) is 0 Å². The summed E-state index contributed by atoms with van der Waals surface area (Å²) in [4.78, 5) is 5.00. The van der Waals surface area contributed by atoms with Crippen LogP contribution in [0.15, 0.2) is 47.6 Å². The first kappa shape index (κ1) is 13.8. The van der Waals surface area contributed by atoms with Crippen molar-refractivity contribution in [2.45, 2.75) is 10.9 Å². The Labute approximate surface area is 116 Å². The van der Waals surface area contributed by atoms with Crippen molar-refractivity contribution in [1.82, 2.24) is 10.3 Å². The molecule has 0 saturated heterocycles. The predicted octanol–water partition coefficient (Wildman–Crippen LogP) is 2.86. The fraction of sp³-hybridized carbons (Fsp3) is 0.214. The second-order valence-corrected chi connectivity index (χ2v) is 5.21. The Hall–Kier alpha value is -1.59. The maximum atomic E-state index is 13.1. The van der Waals surface area contributed by atoms with Crippen LogP contribution in [-0.2, 0) is 0 Å². The van der Waals surface area contributed by atoms with Crippen LogP contribution in [0.4, 0.5) is 10.1 Å². The number of hydrogen-bond acceptors (Lipinski definition) is 4. The van der Waals surface area contributed by atoms with Crippen molar-refractivity contribution in [1.29, 1.82) is 0 Å². The third kappa shape index (κ3) is 3.68. The maximum absolute atomic E-state index is 13.1. The van der Waals surface area contributed by atoms with Crippen LogP contribution in [0.3, 0.4) is 0 Å². The van der Waals surface area contributed by atoms with Crippen LogP contribution in [0.1, 0.15) is 11.6 Å². The minimum absolute atomic E-state index is 0.0852. The molecule has 1 heterocycles. The third-order valence-corrected chi connectivity index (χ3v) is 3.91. The summed E-state index contributed by atoms with van der Waals surface area (Å²) >= 11 is 1.58. The topological polar surface area (TPSA) is 50.9 Å². The fourth-order valence-corrected chi connectivity index (χ4v) is 2.85. The Morgan fingerprint density at radius 3 is 2.95 bits per heavy atom. The van der Waals surface area contributed by atoms with Gasteiger partial charge in [0.25, 0.3) is 0 Å². The van der Waals surface area contributed by atoms with Gasteiger partial charge in [-0.15, -0.1) is 11.8 Å². The number of benzene rings is 1. The van der Waals surface area contributed by atoms with Gasteiger partial charge in [-0.25, -0.2) is 4.39 Å². The molecule has 3 N–H and O–H groups in total. The second kappa shape index (κ2) is 6.54. The fourth-order valence-electron chi connectivity index (χ4n) is 1.77. The Bertz CT molecular complexity index is 548. The van der Waals surface area contributed by atoms with Crippen LogP contribution in [-0.4, -0.2) is 17.8 Å². The van der Waals surface area contributed by atoms with Gasteiger partial charge in [-0.2, -0.15) is 0 Å². The van der Waals surface area contributed by atoms with Gasteiger partial charge in [0.15, 0.2) is 0 Å². The predicted molar refractivity (Wildman–Crippen MR) is 77.6 cm³/mol. The molecule has 1 unspecified atom stereocenters. The van der Waals surface area contributed by atoms with Crippen molar-refractivity contribution >= 4 is 17.4 Å². The number of rotatable bonds is 5. The summed E-state index contributed by atoms with van der Waals surface area (Å²) in [7, 11) is 1.88. The highest BCUT2D eigenvalue weighted by molar-refractivity contribution is 7.99. The van der Waals surface area contributed by atoms with Crippen LogP contribution in [0, 0.1) is 5.82 Å². The SMILES string of the molecule is CNC(CSc1cccc(F)c1)c1cnccc1N. The molecule has 1 aromatic heterocycles. The van der Waals surface area contributed by atoms with Gasteiger partial charge < -0.3 is 11.1 Å². The Kier molecular flexibility index (Phi) is 4.76. The zero-order chi connectivity index (χ0) is 13.7. The molecule has 0 bridgehead atoms. The lowest BCUT2D eigenvalue weighted by Crippen LogP contribution is -2.20. The van der Waals surface area contributed by atoms with Gasteiger partial charge in [0.1, 0.15) is 5.82 Å². The first-order valence-corrected chi connectivity index (χ1v) is 6.94. The number of thioether (sulfide) groups is 1. The molecule has 0 fully saturated rings. The number of pyridine rings is 1. The third-order valence-electron chi connectivity index (χ3n) is 2.82. The molecule has 19 heavy (non-hydrogen) atoms. The van der Waals surface area contributed by atoms with Crippen LogP contribution >= 0.6 is 11.8 Å². The number of nitrogens with one attached hydrogen (secondary N) is 1. The maximum Gasteiger partial charge on any atom is 0.124 e. The van der Waals surface area contributed by atoms with E-state index in [1.54, 1.807) is 36.3 Å². The molecular weight excluding hydrogens is 261 g/mol. The van der Waals surface area contributed by atoms with Gasteiger partial charge in [0, 0.05) is 40.3 Å². The molecule has 0 amide bonds. The van der Waals surface area contributed by atoms with Crippen molar-refractivity contribution in [2.24, 2.45) is 0 Å². The van der Waals surface area contributed by atoms with Crippen LogP contribution in [0.5, 0.6) is 0 Å². The van der Waals surface area contributed by atoms with Crippen molar-refractivity contribution < 1.29 is 4.39 Å². The summed E-state index contributed by atoms with van der Waals surface area (Å²) in [5.74, 6) is 0.544. The van der Waals surface area contributed by atoms with Crippen molar-refractivity contribution in [3.63, 3.8) is 0 Å². The number of anilines is 1. The molecule has 0 radical (unpaired) electrons. The molecule has 0 aliphatic heterocycles. The zero-order valence-corrected chi connectivity index (χ0v) is 11.5. The Balaban J connectivity index is 2.06. The molecule has 0 aliphatic carbocycles. The lowest BCUT2D eigenvalue weighted by molar-refractivity contribution is 0.624. The molecule has 3 nitrogen and oxygen atoms in total. The summed E-state index contributed by atoms with van der Waals surface area (Å²) in [6.07, 6.45) is 3.44. The number of halogens is 1. The molecule has 2 rings (SSSR count). The summed E-state index contributed by atoms with van der Waals surface area (Å²) in [5.41, 5.74) is 7.62. The van der Waals surface area contributed by atoms with Gasteiger partial charge in [0.2, 0.25) is 0 Å². The molecule has 0 aliphatic rings. The number of hydrogen-bond donors (Lipinski definition) is 2. The number of nitrogen functional groups attached to an aromatic ring is 1. The normalized spacial score (nSPS) is 12.3. The van der Waals surface area contributed by atoms with E-state index in [0.717, 1.165) is 16.2 Å². The first-order chi connectivity index (χ1) is 9.20. The van der Waals surface area contributed by atoms with Gasteiger partial charge >= 0.3 is 0 Å². The van der Waals surface area contributed by atoms with E-state index in [1.165, 1.54) is 12.1 Å². The van der Waals surface area contributed by atoms with Gasteiger partial charge in [0.05, 0.1) is 0 Å². The largest absolute Gasteiger partial charge is 0.398 e. The second-order valence-electron chi connectivity index (χ2n) is 4.11. The highest BCUT2D eigenvalue weighted by Crippen LogP contribution is 2.27. The summed E-state index contributed by atoms with van der Waals surface area (Å²) in [6, 6.07) is 8.45. The molecule has 100 valence electrons. The molecule has 1 atom stereocenters. The average Bonchev–Trinajstić information content (AvgIpc) is 2.41. The summed E-state index contributed by atoms with van der Waals surface area (Å²) in [5, 5.41) is 3.21. The van der Waals surface area contributed by atoms with E-state index in [1.807, 2.05) is 13.1 Å². The first-order valence-electron chi connectivity index (χ1n) is 5.95. The number of nitrogens with two attached hydrogens (primary N) is 1. The lowest BCUT2D eigenvalue weighted by atomic mass is 10.1. The van der Waals surface area contributed by atoms with Gasteiger partial charge in [-0.3, -0.25) is 4.98 Å². The van der Waals surface area contributed by atoms with E-state index < -0.39 is 0 Å². The smallest absolute Gasteiger partial charge is 0.124 e. The van der Waals surface area contributed by atoms with E-state index in [0.29, 0.717) is 5.69 Å². The highest BCUT2D eigenvalue weighted by Gasteiger charge is 2.13. The zero-order valence-electron chi connectivity index (χ0n) is 10.6. The van der Waals surface area contributed by atoms with Crippen molar-refractivity contribution in [3.05, 3.63) is 54.1 Å². The van der Waals surface area contributed by atoms with Crippen LogP contribution < -0.4 is 11.1 Å². The number of aromatic nitrogens is 1. The van der Waals surface area contributed by atoms with Crippen LogP contribution in [0.25, 0.3) is 0 Å². The van der Waals surface area contributed by atoms with E-state index in [9.17, 15) is 4.39 Å². The standard InChI is InChI=1S/C14H16FN3S/c1-17-14(12-8-18-6-5-13(12)16)9-19-11-4-2-3-10(15)7-11/h2-8,14,17H,9H2,1H3,(H2,16,18). The van der Waals surface area contributed by atoms with Crippen molar-refractivity contribution in [3.8, 4) is 0 Å². The lowest BCUT2D eigenvalue weighted by Gasteiger charge is -2.17. The molecule has 2 aromatic rings.